The second-order valence-electron chi connectivity index (χ2n) is 6.84. The summed E-state index contributed by atoms with van der Waals surface area (Å²) in [5.74, 6) is 0.329. The first-order valence-corrected chi connectivity index (χ1v) is 11.2. The van der Waals surface area contributed by atoms with Crippen molar-refractivity contribution >= 4 is 34.7 Å². The molecule has 2 heterocycles. The lowest BCUT2D eigenvalue weighted by Crippen LogP contribution is -2.15. The molecular formula is C20H21F3N4OS2. The van der Waals surface area contributed by atoms with Gasteiger partial charge < -0.3 is 5.32 Å². The summed E-state index contributed by atoms with van der Waals surface area (Å²) in [5.41, 5.74) is 0.282. The highest BCUT2D eigenvalue weighted by Gasteiger charge is 2.30. The van der Waals surface area contributed by atoms with Crippen LogP contribution in [0.5, 0.6) is 0 Å². The van der Waals surface area contributed by atoms with E-state index in [0.717, 1.165) is 29.9 Å². The Kier molecular flexibility index (Phi) is 6.87. The van der Waals surface area contributed by atoms with E-state index >= 15 is 0 Å². The van der Waals surface area contributed by atoms with Crippen molar-refractivity contribution in [2.45, 2.75) is 44.6 Å². The molecule has 0 aliphatic carbocycles. The standard InChI is InChI=1S/C20H21F3N4OS2/c1-4-16-8-13(10-29-16)18-25-26-19(27(18)12(2)3)30-11-17(28)24-15-7-5-6-14(9-15)20(21,22)23/h5-10,12H,4,11H2,1-3H3,(H,24,28). The third-order valence-electron chi connectivity index (χ3n) is 4.25. The summed E-state index contributed by atoms with van der Waals surface area (Å²) in [4.78, 5) is 13.5. The Morgan fingerprint density at radius 3 is 2.67 bits per heavy atom. The molecule has 160 valence electrons. The summed E-state index contributed by atoms with van der Waals surface area (Å²) in [6.45, 7) is 6.10. The lowest BCUT2D eigenvalue weighted by molar-refractivity contribution is -0.137. The molecule has 0 unspecified atom stereocenters. The molecule has 0 saturated carbocycles. The predicted octanol–water partition coefficient (Wildman–Crippen LogP) is 5.90. The van der Waals surface area contributed by atoms with Crippen molar-refractivity contribution in [3.05, 3.63) is 46.2 Å². The van der Waals surface area contributed by atoms with Crippen LogP contribution in [0.4, 0.5) is 18.9 Å². The van der Waals surface area contributed by atoms with Gasteiger partial charge >= 0.3 is 6.18 Å². The first-order valence-electron chi connectivity index (χ1n) is 9.31. The highest BCUT2D eigenvalue weighted by Crippen LogP contribution is 2.32. The van der Waals surface area contributed by atoms with Crippen molar-refractivity contribution in [1.82, 2.24) is 14.8 Å². The van der Waals surface area contributed by atoms with E-state index in [1.54, 1.807) is 11.3 Å². The molecule has 3 aromatic rings. The number of benzene rings is 1. The largest absolute Gasteiger partial charge is 0.416 e. The Morgan fingerprint density at radius 2 is 2.03 bits per heavy atom. The lowest BCUT2D eigenvalue weighted by Gasteiger charge is -2.13. The van der Waals surface area contributed by atoms with Crippen LogP contribution in [0.25, 0.3) is 11.4 Å². The number of thiophene rings is 1. The fourth-order valence-corrected chi connectivity index (χ4v) is 4.50. The minimum atomic E-state index is -4.46. The maximum atomic E-state index is 12.8. The fourth-order valence-electron chi connectivity index (χ4n) is 2.82. The molecule has 5 nitrogen and oxygen atoms in total. The van der Waals surface area contributed by atoms with Crippen LogP contribution in [0.3, 0.4) is 0 Å². The van der Waals surface area contributed by atoms with Gasteiger partial charge in [0, 0.05) is 27.5 Å². The second-order valence-corrected chi connectivity index (χ2v) is 8.78. The number of aromatic nitrogens is 3. The number of carbonyl (C=O) groups excluding carboxylic acids is 1. The summed E-state index contributed by atoms with van der Waals surface area (Å²) in [6, 6.07) is 6.73. The topological polar surface area (TPSA) is 59.8 Å². The third-order valence-corrected chi connectivity index (χ3v) is 6.27. The van der Waals surface area contributed by atoms with E-state index in [0.29, 0.717) is 5.16 Å². The SMILES string of the molecule is CCc1cc(-c2nnc(SCC(=O)Nc3cccc(C(F)(F)F)c3)n2C(C)C)cs1. The maximum absolute atomic E-state index is 12.8. The summed E-state index contributed by atoms with van der Waals surface area (Å²) in [6.07, 6.45) is -3.52. The van der Waals surface area contributed by atoms with Gasteiger partial charge in [0.2, 0.25) is 5.91 Å². The average molecular weight is 455 g/mol. The molecule has 10 heteroatoms. The normalized spacial score (nSPS) is 11.8. The molecule has 1 N–H and O–H groups in total. The zero-order valence-corrected chi connectivity index (χ0v) is 18.3. The molecule has 0 atom stereocenters. The first-order chi connectivity index (χ1) is 14.2. The van der Waals surface area contributed by atoms with Gasteiger partial charge in [-0.2, -0.15) is 13.2 Å². The summed E-state index contributed by atoms with van der Waals surface area (Å²) >= 11 is 2.86. The molecular weight excluding hydrogens is 433 g/mol. The minimum absolute atomic E-state index is 0.00491. The van der Waals surface area contributed by atoms with Crippen molar-refractivity contribution in [3.8, 4) is 11.4 Å². The van der Waals surface area contributed by atoms with E-state index in [1.807, 2.05) is 23.8 Å². The number of nitrogens with one attached hydrogen (secondary N) is 1. The van der Waals surface area contributed by atoms with Gasteiger partial charge in [0.25, 0.3) is 0 Å². The van der Waals surface area contributed by atoms with Gasteiger partial charge in [0.15, 0.2) is 11.0 Å². The molecule has 0 bridgehead atoms. The molecule has 30 heavy (non-hydrogen) atoms. The maximum Gasteiger partial charge on any atom is 0.416 e. The zero-order chi connectivity index (χ0) is 21.9. The van der Waals surface area contributed by atoms with Crippen LogP contribution in [-0.2, 0) is 17.4 Å². The molecule has 2 aromatic heterocycles. The molecule has 0 aliphatic rings. The van der Waals surface area contributed by atoms with E-state index in [9.17, 15) is 18.0 Å². The summed E-state index contributed by atoms with van der Waals surface area (Å²) in [7, 11) is 0. The van der Waals surface area contributed by atoms with Crippen LogP contribution in [0.2, 0.25) is 0 Å². The van der Waals surface area contributed by atoms with Gasteiger partial charge in [-0.15, -0.1) is 21.5 Å². The molecule has 1 aromatic carbocycles. The summed E-state index contributed by atoms with van der Waals surface area (Å²) in [5, 5.41) is 13.7. The number of alkyl halides is 3. The quantitative estimate of drug-likeness (QED) is 0.452. The lowest BCUT2D eigenvalue weighted by atomic mass is 10.2. The van der Waals surface area contributed by atoms with Crippen LogP contribution < -0.4 is 5.32 Å². The van der Waals surface area contributed by atoms with Gasteiger partial charge in [-0.3, -0.25) is 9.36 Å². The molecule has 0 spiro atoms. The molecule has 0 saturated heterocycles. The van der Waals surface area contributed by atoms with E-state index in [4.69, 9.17) is 0 Å². The highest BCUT2D eigenvalue weighted by molar-refractivity contribution is 7.99. The zero-order valence-electron chi connectivity index (χ0n) is 16.7. The van der Waals surface area contributed by atoms with Gasteiger partial charge in [-0.1, -0.05) is 24.8 Å². The Labute approximate surface area is 180 Å². The number of aryl methyl sites for hydroxylation is 1. The number of rotatable bonds is 7. The van der Waals surface area contributed by atoms with E-state index in [1.165, 1.54) is 28.8 Å². The number of nitrogens with zero attached hydrogens (tertiary/aromatic N) is 3. The number of thioether (sulfide) groups is 1. The molecule has 3 rings (SSSR count). The molecule has 0 fully saturated rings. The number of anilines is 1. The summed E-state index contributed by atoms with van der Waals surface area (Å²) < 4.78 is 40.4. The number of hydrogen-bond acceptors (Lipinski definition) is 5. The third kappa shape index (κ3) is 5.23. The van der Waals surface area contributed by atoms with Crippen molar-refractivity contribution in [2.75, 3.05) is 11.1 Å². The fraction of sp³-hybridized carbons (Fsp3) is 0.350. The van der Waals surface area contributed by atoms with Crippen LogP contribution >= 0.6 is 23.1 Å². The molecule has 1 amide bonds. The number of halogens is 3. The van der Waals surface area contributed by atoms with Crippen molar-refractivity contribution < 1.29 is 18.0 Å². The van der Waals surface area contributed by atoms with Crippen molar-refractivity contribution in [3.63, 3.8) is 0 Å². The van der Waals surface area contributed by atoms with Gasteiger partial charge in [0.05, 0.1) is 11.3 Å². The Balaban J connectivity index is 1.70. The Morgan fingerprint density at radius 1 is 1.27 bits per heavy atom. The van der Waals surface area contributed by atoms with Crippen molar-refractivity contribution in [1.29, 1.82) is 0 Å². The molecule has 0 aliphatic heterocycles. The van der Waals surface area contributed by atoms with E-state index in [-0.39, 0.29) is 17.5 Å². The number of carbonyl (C=O) groups is 1. The number of amides is 1. The number of hydrogen-bond donors (Lipinski definition) is 1. The minimum Gasteiger partial charge on any atom is -0.325 e. The van der Waals surface area contributed by atoms with Crippen LogP contribution in [0, 0.1) is 0 Å². The first kappa shape index (κ1) is 22.4. The average Bonchev–Trinajstić information content (AvgIpc) is 3.32. The smallest absolute Gasteiger partial charge is 0.325 e. The van der Waals surface area contributed by atoms with Crippen LogP contribution in [0.1, 0.15) is 37.3 Å². The Hall–Kier alpha value is -2.33. The van der Waals surface area contributed by atoms with Gasteiger partial charge in [-0.05, 0) is 44.5 Å². The Bertz CT molecular complexity index is 1030. The van der Waals surface area contributed by atoms with Crippen molar-refractivity contribution in [2.24, 2.45) is 0 Å². The van der Waals surface area contributed by atoms with E-state index in [2.05, 4.69) is 28.5 Å². The van der Waals surface area contributed by atoms with Gasteiger partial charge in [-0.25, -0.2) is 0 Å². The predicted molar refractivity (Wildman–Crippen MR) is 114 cm³/mol. The highest BCUT2D eigenvalue weighted by atomic mass is 32.2. The molecule has 0 radical (unpaired) electrons. The van der Waals surface area contributed by atoms with Crippen LogP contribution in [-0.4, -0.2) is 26.4 Å². The van der Waals surface area contributed by atoms with Gasteiger partial charge in [0.1, 0.15) is 0 Å². The van der Waals surface area contributed by atoms with Crippen LogP contribution in [0.15, 0.2) is 40.9 Å². The monoisotopic (exact) mass is 454 g/mol. The second kappa shape index (κ2) is 9.22. The van der Waals surface area contributed by atoms with E-state index < -0.39 is 17.6 Å².